The topological polar surface area (TPSA) is 70.2 Å². The van der Waals surface area contributed by atoms with E-state index in [1.54, 1.807) is 49.4 Å². The Hall–Kier alpha value is -2.15. The van der Waals surface area contributed by atoms with Crippen molar-refractivity contribution < 1.29 is 9.59 Å². The van der Waals surface area contributed by atoms with Crippen LogP contribution >= 0.6 is 35.4 Å². The van der Waals surface area contributed by atoms with E-state index in [2.05, 4.69) is 16.0 Å². The number of hydrogen-bond acceptors (Lipinski definition) is 3. The maximum Gasteiger partial charge on any atom is 0.257 e. The molecule has 0 fully saturated rings. The molecule has 0 saturated heterocycles. The van der Waals surface area contributed by atoms with Crippen LogP contribution in [-0.4, -0.2) is 16.9 Å². The van der Waals surface area contributed by atoms with Crippen molar-refractivity contribution in [2.75, 3.05) is 10.6 Å². The van der Waals surface area contributed by atoms with Gasteiger partial charge in [-0.3, -0.25) is 9.59 Å². The summed E-state index contributed by atoms with van der Waals surface area (Å²) in [6.45, 7) is 1.74. The van der Waals surface area contributed by atoms with Gasteiger partial charge >= 0.3 is 0 Å². The second-order valence-electron chi connectivity index (χ2n) is 4.99. The molecule has 2 aromatic rings. The number of carbonyl (C=O) groups is 2. The number of thiocarbonyl (C=S) groups is 1. The number of carbonyl (C=O) groups excluding carboxylic acids is 2. The summed E-state index contributed by atoms with van der Waals surface area (Å²) in [5.41, 5.74) is 1.55. The maximum absolute atomic E-state index is 12.3. The van der Waals surface area contributed by atoms with Crippen LogP contribution in [-0.2, 0) is 4.79 Å². The van der Waals surface area contributed by atoms with Crippen LogP contribution in [0.25, 0.3) is 0 Å². The molecule has 25 heavy (non-hydrogen) atoms. The maximum atomic E-state index is 12.3. The van der Waals surface area contributed by atoms with E-state index in [1.165, 1.54) is 0 Å². The minimum atomic E-state index is -0.362. The predicted molar refractivity (Wildman–Crippen MR) is 106 cm³/mol. The number of halogens is 2. The van der Waals surface area contributed by atoms with E-state index in [-0.39, 0.29) is 21.9 Å². The fourth-order valence-electron chi connectivity index (χ4n) is 1.89. The van der Waals surface area contributed by atoms with Crippen molar-refractivity contribution in [2.24, 2.45) is 0 Å². The normalized spacial score (nSPS) is 10.0. The van der Waals surface area contributed by atoms with Crippen molar-refractivity contribution in [2.45, 2.75) is 13.3 Å². The van der Waals surface area contributed by atoms with Crippen LogP contribution in [0.5, 0.6) is 0 Å². The smallest absolute Gasteiger partial charge is 0.257 e. The van der Waals surface area contributed by atoms with Crippen molar-refractivity contribution in [1.29, 1.82) is 0 Å². The first kappa shape index (κ1) is 19.2. The summed E-state index contributed by atoms with van der Waals surface area (Å²) in [5, 5.41) is 8.90. The standard InChI is InChI=1S/C17H15Cl2N3O2S/c1-2-14(23)22-17(25)21-11-8-6-10(7-9-11)20-16(24)12-4-3-5-13(18)15(12)19/h3-9H,2H2,1H3,(H,20,24)(H2,21,22,23,25). The molecule has 130 valence electrons. The van der Waals surface area contributed by atoms with Gasteiger partial charge in [0.2, 0.25) is 5.91 Å². The molecule has 0 aliphatic heterocycles. The Morgan fingerprint density at radius 3 is 2.20 bits per heavy atom. The van der Waals surface area contributed by atoms with Gasteiger partial charge in [-0.2, -0.15) is 0 Å². The zero-order valence-electron chi connectivity index (χ0n) is 13.2. The Morgan fingerprint density at radius 1 is 1.00 bits per heavy atom. The van der Waals surface area contributed by atoms with E-state index < -0.39 is 0 Å². The van der Waals surface area contributed by atoms with Gasteiger partial charge in [0.1, 0.15) is 0 Å². The zero-order chi connectivity index (χ0) is 18.4. The SMILES string of the molecule is CCC(=O)NC(=S)Nc1ccc(NC(=O)c2cccc(Cl)c2Cl)cc1. The third-order valence-electron chi connectivity index (χ3n) is 3.17. The van der Waals surface area contributed by atoms with Crippen LogP contribution < -0.4 is 16.0 Å². The van der Waals surface area contributed by atoms with Crippen molar-refractivity contribution in [3.63, 3.8) is 0 Å². The minimum Gasteiger partial charge on any atom is -0.332 e. The molecule has 0 aromatic heterocycles. The first-order valence-corrected chi connectivity index (χ1v) is 8.53. The van der Waals surface area contributed by atoms with Gasteiger partial charge in [-0.1, -0.05) is 36.2 Å². The largest absolute Gasteiger partial charge is 0.332 e. The Bertz CT molecular complexity index is 810. The number of rotatable bonds is 4. The third-order valence-corrected chi connectivity index (χ3v) is 4.19. The Balaban J connectivity index is 2.00. The number of nitrogens with one attached hydrogen (secondary N) is 3. The van der Waals surface area contributed by atoms with Gasteiger partial charge in [0.25, 0.3) is 5.91 Å². The van der Waals surface area contributed by atoms with E-state index in [9.17, 15) is 9.59 Å². The van der Waals surface area contributed by atoms with E-state index in [1.807, 2.05) is 0 Å². The Morgan fingerprint density at radius 2 is 1.60 bits per heavy atom. The van der Waals surface area contributed by atoms with E-state index >= 15 is 0 Å². The first-order valence-electron chi connectivity index (χ1n) is 7.37. The van der Waals surface area contributed by atoms with Crippen LogP contribution in [0.3, 0.4) is 0 Å². The summed E-state index contributed by atoms with van der Waals surface area (Å²) in [6.07, 6.45) is 0.346. The van der Waals surface area contributed by atoms with Crippen LogP contribution in [0, 0.1) is 0 Å². The van der Waals surface area contributed by atoms with Crippen LogP contribution in [0.1, 0.15) is 23.7 Å². The molecular formula is C17H15Cl2N3O2S. The van der Waals surface area contributed by atoms with Gasteiger partial charge in [0.05, 0.1) is 15.6 Å². The average molecular weight is 396 g/mol. The van der Waals surface area contributed by atoms with E-state index in [0.29, 0.717) is 28.4 Å². The fourth-order valence-corrected chi connectivity index (χ4v) is 2.51. The van der Waals surface area contributed by atoms with Gasteiger partial charge in [-0.25, -0.2) is 0 Å². The van der Waals surface area contributed by atoms with Crippen molar-refractivity contribution >= 4 is 63.7 Å². The summed E-state index contributed by atoms with van der Waals surface area (Å²) in [6, 6.07) is 11.7. The third kappa shape index (κ3) is 5.42. The molecule has 0 aliphatic carbocycles. The number of anilines is 2. The molecule has 0 heterocycles. The molecule has 2 amide bonds. The second kappa shape index (κ2) is 8.80. The lowest BCUT2D eigenvalue weighted by Crippen LogP contribution is -2.33. The first-order chi connectivity index (χ1) is 11.9. The van der Waals surface area contributed by atoms with Gasteiger partial charge in [-0.05, 0) is 48.6 Å². The molecule has 0 aliphatic rings. The Kier molecular flexibility index (Phi) is 6.75. The van der Waals surface area contributed by atoms with Crippen molar-refractivity contribution in [3.8, 4) is 0 Å². The van der Waals surface area contributed by atoms with E-state index in [0.717, 1.165) is 0 Å². The highest BCUT2D eigenvalue weighted by molar-refractivity contribution is 7.80. The predicted octanol–water partition coefficient (Wildman–Crippen LogP) is 4.47. The number of hydrogen-bond donors (Lipinski definition) is 3. The molecule has 0 atom stereocenters. The molecule has 3 N–H and O–H groups in total. The number of benzene rings is 2. The highest BCUT2D eigenvalue weighted by Gasteiger charge is 2.12. The van der Waals surface area contributed by atoms with Gasteiger partial charge < -0.3 is 16.0 Å². The second-order valence-corrected chi connectivity index (χ2v) is 6.18. The van der Waals surface area contributed by atoms with Crippen molar-refractivity contribution in [3.05, 3.63) is 58.1 Å². The van der Waals surface area contributed by atoms with E-state index in [4.69, 9.17) is 35.4 Å². The van der Waals surface area contributed by atoms with Crippen molar-refractivity contribution in [1.82, 2.24) is 5.32 Å². The van der Waals surface area contributed by atoms with Gasteiger partial charge in [0.15, 0.2) is 5.11 Å². The molecular weight excluding hydrogens is 381 g/mol. The van der Waals surface area contributed by atoms with Crippen LogP contribution in [0.2, 0.25) is 10.0 Å². The minimum absolute atomic E-state index is 0.167. The molecule has 5 nitrogen and oxygen atoms in total. The summed E-state index contributed by atoms with van der Waals surface area (Å²) in [4.78, 5) is 23.5. The summed E-state index contributed by atoms with van der Waals surface area (Å²) in [7, 11) is 0. The summed E-state index contributed by atoms with van der Waals surface area (Å²) < 4.78 is 0. The highest BCUT2D eigenvalue weighted by Crippen LogP contribution is 2.26. The molecule has 0 saturated carbocycles. The zero-order valence-corrected chi connectivity index (χ0v) is 15.6. The molecule has 2 aromatic carbocycles. The van der Waals surface area contributed by atoms with Crippen LogP contribution in [0.15, 0.2) is 42.5 Å². The average Bonchev–Trinajstić information content (AvgIpc) is 2.58. The number of amides is 2. The monoisotopic (exact) mass is 395 g/mol. The molecule has 0 unspecified atom stereocenters. The molecule has 8 heteroatoms. The lowest BCUT2D eigenvalue weighted by atomic mass is 10.2. The molecule has 0 spiro atoms. The Labute approximate surface area is 160 Å². The lowest BCUT2D eigenvalue weighted by Gasteiger charge is -2.11. The summed E-state index contributed by atoms with van der Waals surface area (Å²) in [5.74, 6) is -0.529. The summed E-state index contributed by atoms with van der Waals surface area (Å²) >= 11 is 17.0. The molecule has 2 rings (SSSR count). The quantitative estimate of drug-likeness (QED) is 0.667. The highest BCUT2D eigenvalue weighted by atomic mass is 35.5. The molecule has 0 bridgehead atoms. The van der Waals surface area contributed by atoms with Crippen LogP contribution in [0.4, 0.5) is 11.4 Å². The fraction of sp³-hybridized carbons (Fsp3) is 0.118. The van der Waals surface area contributed by atoms with Gasteiger partial charge in [0, 0.05) is 17.8 Å². The molecule has 0 radical (unpaired) electrons. The van der Waals surface area contributed by atoms with Gasteiger partial charge in [-0.15, -0.1) is 0 Å². The lowest BCUT2D eigenvalue weighted by molar-refractivity contribution is -0.119.